The number of nitrogens with one attached hydrogen (secondary N) is 1. The van der Waals surface area contributed by atoms with Crippen molar-refractivity contribution in [3.63, 3.8) is 0 Å². The number of aromatic nitrogens is 3. The standard InChI is InChI=1S/C28H29F3N6O3/c1-5-6-12-35(3)16-19-13-18(15-32)10-11-22(19)24-23(25(38)40-4)17(2)36(26-33-34-27(39)37(24)26)21-9-7-8-20(14-21)28(29,30)31/h7-11,13-14,24H,5-6,12,16H2,1-4H3,(H,34,39)/t24-/m1/s1. The number of alkyl halides is 3. The van der Waals surface area contributed by atoms with Crippen LogP contribution >= 0.6 is 0 Å². The summed E-state index contributed by atoms with van der Waals surface area (Å²) < 4.78 is 47.0. The summed E-state index contributed by atoms with van der Waals surface area (Å²) in [5.41, 5.74) is 0.485. The third-order valence-corrected chi connectivity index (χ3v) is 6.88. The van der Waals surface area contributed by atoms with E-state index in [9.17, 15) is 28.0 Å². The Balaban J connectivity index is 1.97. The summed E-state index contributed by atoms with van der Waals surface area (Å²) in [4.78, 5) is 29.9. The molecule has 12 heteroatoms. The molecule has 9 nitrogen and oxygen atoms in total. The van der Waals surface area contributed by atoms with Gasteiger partial charge in [-0.05, 0) is 68.4 Å². The van der Waals surface area contributed by atoms with Crippen LogP contribution in [0.25, 0.3) is 0 Å². The Morgan fingerprint density at radius 2 is 2.00 bits per heavy atom. The van der Waals surface area contributed by atoms with Crippen LogP contribution < -0.4 is 10.6 Å². The number of anilines is 2. The molecule has 0 saturated carbocycles. The SMILES string of the molecule is CCCCN(C)Cc1cc(C#N)ccc1[C@@H]1C(C(=O)OC)=C(C)N(c2cccc(C(F)(F)F)c2)c2n[nH]c(=O)n21. The van der Waals surface area contributed by atoms with Gasteiger partial charge >= 0.3 is 17.8 Å². The first-order chi connectivity index (χ1) is 19.0. The number of nitriles is 1. The third kappa shape index (κ3) is 5.37. The van der Waals surface area contributed by atoms with Crippen LogP contribution in [0.1, 0.15) is 55.0 Å². The molecule has 1 aliphatic rings. The maximum absolute atomic E-state index is 13.6. The molecule has 1 aliphatic heterocycles. The molecule has 3 aromatic rings. The monoisotopic (exact) mass is 554 g/mol. The topological polar surface area (TPSA) is 107 Å². The number of hydrogen-bond donors (Lipinski definition) is 1. The second-order valence-electron chi connectivity index (χ2n) is 9.59. The van der Waals surface area contributed by atoms with Crippen LogP contribution in [0.4, 0.5) is 24.8 Å². The number of nitrogens with zero attached hydrogens (tertiary/aromatic N) is 5. The molecule has 0 amide bonds. The molecule has 1 N–H and O–H groups in total. The summed E-state index contributed by atoms with van der Waals surface area (Å²) in [5, 5.41) is 16.1. The Labute approximate surface area is 229 Å². The minimum atomic E-state index is -4.61. The van der Waals surface area contributed by atoms with E-state index in [1.807, 2.05) is 7.05 Å². The molecule has 0 aliphatic carbocycles. The molecule has 0 radical (unpaired) electrons. The van der Waals surface area contributed by atoms with Gasteiger partial charge in [0.1, 0.15) is 6.04 Å². The number of ether oxygens (including phenoxy) is 1. The number of methoxy groups -OCH3 is 1. The van der Waals surface area contributed by atoms with Crippen molar-refractivity contribution in [3.05, 3.63) is 86.5 Å². The van der Waals surface area contributed by atoms with E-state index in [1.54, 1.807) is 25.1 Å². The summed E-state index contributed by atoms with van der Waals surface area (Å²) in [6.07, 6.45) is -2.66. The minimum absolute atomic E-state index is 0.00845. The number of aromatic amines is 1. The van der Waals surface area contributed by atoms with Crippen LogP contribution in [0.15, 0.2) is 58.5 Å². The van der Waals surface area contributed by atoms with Crippen molar-refractivity contribution in [2.24, 2.45) is 0 Å². The Morgan fingerprint density at radius 1 is 1.25 bits per heavy atom. The van der Waals surface area contributed by atoms with E-state index >= 15 is 0 Å². The summed E-state index contributed by atoms with van der Waals surface area (Å²) in [7, 11) is 3.13. The molecule has 1 atom stereocenters. The van der Waals surface area contributed by atoms with Crippen molar-refractivity contribution in [2.45, 2.75) is 45.5 Å². The average molecular weight is 555 g/mol. The summed E-state index contributed by atoms with van der Waals surface area (Å²) in [6.45, 7) is 4.86. The van der Waals surface area contributed by atoms with Gasteiger partial charge in [0.2, 0.25) is 5.95 Å². The fourth-order valence-corrected chi connectivity index (χ4v) is 4.96. The molecule has 4 rings (SSSR count). The summed E-state index contributed by atoms with van der Waals surface area (Å²) in [6, 6.07) is 10.7. The lowest BCUT2D eigenvalue weighted by molar-refractivity contribution is -0.138. The highest BCUT2D eigenvalue weighted by molar-refractivity contribution is 5.93. The number of allylic oxidation sites excluding steroid dienone is 1. The highest BCUT2D eigenvalue weighted by Crippen LogP contribution is 2.43. The maximum Gasteiger partial charge on any atom is 0.416 e. The molecule has 1 aromatic heterocycles. The van der Waals surface area contributed by atoms with E-state index in [0.717, 1.165) is 31.5 Å². The number of fused-ring (bicyclic) bond motifs is 1. The number of rotatable bonds is 8. The fourth-order valence-electron chi connectivity index (χ4n) is 4.96. The highest BCUT2D eigenvalue weighted by Gasteiger charge is 2.41. The number of benzene rings is 2. The smallest absolute Gasteiger partial charge is 0.416 e. The lowest BCUT2D eigenvalue weighted by Crippen LogP contribution is -2.38. The second-order valence-corrected chi connectivity index (χ2v) is 9.59. The van der Waals surface area contributed by atoms with Gasteiger partial charge in [-0.2, -0.15) is 18.4 Å². The Bertz CT molecular complexity index is 1550. The molecule has 0 unspecified atom stereocenters. The van der Waals surface area contributed by atoms with Gasteiger partial charge in [0.25, 0.3) is 0 Å². The number of hydrogen-bond acceptors (Lipinski definition) is 7. The predicted molar refractivity (Wildman–Crippen MR) is 142 cm³/mol. The third-order valence-electron chi connectivity index (χ3n) is 6.88. The average Bonchev–Trinajstić information content (AvgIpc) is 3.31. The van der Waals surface area contributed by atoms with Gasteiger partial charge in [-0.3, -0.25) is 4.90 Å². The first kappa shape index (κ1) is 28.6. The van der Waals surface area contributed by atoms with E-state index in [4.69, 9.17) is 4.74 Å². The van der Waals surface area contributed by atoms with Crippen molar-refractivity contribution in [3.8, 4) is 6.07 Å². The predicted octanol–water partition coefficient (Wildman–Crippen LogP) is 4.88. The first-order valence-corrected chi connectivity index (χ1v) is 12.7. The van der Waals surface area contributed by atoms with E-state index in [2.05, 4.69) is 28.1 Å². The van der Waals surface area contributed by atoms with Gasteiger partial charge < -0.3 is 9.64 Å². The van der Waals surface area contributed by atoms with Gasteiger partial charge in [0.05, 0.1) is 29.9 Å². The molecule has 40 heavy (non-hydrogen) atoms. The highest BCUT2D eigenvalue weighted by atomic mass is 19.4. The zero-order valence-electron chi connectivity index (χ0n) is 22.5. The van der Waals surface area contributed by atoms with Crippen LogP contribution in [-0.4, -0.2) is 46.3 Å². The van der Waals surface area contributed by atoms with E-state index in [-0.39, 0.29) is 22.9 Å². The van der Waals surface area contributed by atoms with Crippen LogP contribution in [0.5, 0.6) is 0 Å². The summed E-state index contributed by atoms with van der Waals surface area (Å²) >= 11 is 0. The largest absolute Gasteiger partial charge is 0.466 e. The normalized spacial score (nSPS) is 15.3. The number of carbonyl (C=O) groups is 1. The van der Waals surface area contributed by atoms with Crippen molar-refractivity contribution >= 4 is 17.6 Å². The van der Waals surface area contributed by atoms with E-state index in [1.165, 1.54) is 28.7 Å². The molecule has 2 aromatic carbocycles. The maximum atomic E-state index is 13.6. The van der Waals surface area contributed by atoms with Gasteiger partial charge in [0.15, 0.2) is 0 Å². The Hall–Kier alpha value is -4.37. The molecule has 2 heterocycles. The van der Waals surface area contributed by atoms with Gasteiger partial charge in [0, 0.05) is 17.9 Å². The number of H-pyrrole nitrogens is 1. The minimum Gasteiger partial charge on any atom is -0.466 e. The zero-order valence-corrected chi connectivity index (χ0v) is 22.5. The lowest BCUT2D eigenvalue weighted by atomic mass is 9.90. The van der Waals surface area contributed by atoms with Gasteiger partial charge in [-0.25, -0.2) is 19.3 Å². The lowest BCUT2D eigenvalue weighted by Gasteiger charge is -2.36. The van der Waals surface area contributed by atoms with Crippen molar-refractivity contribution in [1.82, 2.24) is 19.7 Å². The first-order valence-electron chi connectivity index (χ1n) is 12.7. The van der Waals surface area contributed by atoms with Crippen LogP contribution in [0, 0.1) is 11.3 Å². The molecule has 0 spiro atoms. The number of unbranched alkanes of at least 4 members (excludes halogenated alkanes) is 1. The molecular formula is C28H29F3N6O3. The quantitative estimate of drug-likeness (QED) is 0.396. The number of halogens is 3. The Kier molecular flexibility index (Phi) is 8.16. The molecule has 0 fully saturated rings. The second kappa shape index (κ2) is 11.4. The number of esters is 1. The zero-order chi connectivity index (χ0) is 29.2. The molecular weight excluding hydrogens is 525 g/mol. The van der Waals surface area contributed by atoms with Crippen molar-refractivity contribution < 1.29 is 22.7 Å². The van der Waals surface area contributed by atoms with Gasteiger partial charge in [-0.15, -0.1) is 5.10 Å². The molecule has 0 bridgehead atoms. The fraction of sp³-hybridized carbons (Fsp3) is 0.357. The number of carbonyl (C=O) groups excluding carboxylic acids is 1. The van der Waals surface area contributed by atoms with Crippen molar-refractivity contribution in [1.29, 1.82) is 5.26 Å². The van der Waals surface area contributed by atoms with Gasteiger partial charge in [-0.1, -0.05) is 25.5 Å². The molecule has 210 valence electrons. The Morgan fingerprint density at radius 3 is 2.65 bits per heavy atom. The van der Waals surface area contributed by atoms with E-state index < -0.39 is 29.4 Å². The van der Waals surface area contributed by atoms with Crippen molar-refractivity contribution in [2.75, 3.05) is 25.6 Å². The van der Waals surface area contributed by atoms with E-state index in [0.29, 0.717) is 23.2 Å². The molecule has 0 saturated heterocycles. The summed E-state index contributed by atoms with van der Waals surface area (Å²) in [5.74, 6) is -0.748. The van der Waals surface area contributed by atoms with Crippen LogP contribution in [-0.2, 0) is 22.3 Å². The van der Waals surface area contributed by atoms with Crippen LogP contribution in [0.2, 0.25) is 0 Å². The van der Waals surface area contributed by atoms with Crippen LogP contribution in [0.3, 0.4) is 0 Å².